The van der Waals surface area contributed by atoms with Crippen LogP contribution in [0.15, 0.2) is 40.1 Å². The molecule has 3 aromatic heterocycles. The van der Waals surface area contributed by atoms with Gasteiger partial charge in [0.15, 0.2) is 11.2 Å². The van der Waals surface area contributed by atoms with Crippen LogP contribution >= 0.6 is 0 Å². The maximum Gasteiger partial charge on any atom is 0.332 e. The number of nitrogens with two attached hydrogens (primary N) is 1. The molecule has 10 nitrogen and oxygen atoms in total. The van der Waals surface area contributed by atoms with E-state index in [2.05, 4.69) is 27.9 Å². The maximum absolute atomic E-state index is 13.7. The third-order valence-electron chi connectivity index (χ3n) is 5.84. The molecule has 3 heterocycles. The SMILES string of the molecule is CC#CCn1c(N(C)CC(C)N)nc2c1c(=O)n(Cc1ncc(C#N)c3ccccc13)c(=O)n2C. The second kappa shape index (κ2) is 9.45. The first kappa shape index (κ1) is 23.7. The molecule has 4 rings (SSSR count). The minimum absolute atomic E-state index is 0.0523. The highest BCUT2D eigenvalue weighted by Gasteiger charge is 2.23. The van der Waals surface area contributed by atoms with Crippen LogP contribution in [0.1, 0.15) is 25.1 Å². The molecule has 35 heavy (non-hydrogen) atoms. The Morgan fingerprint density at radius 3 is 2.57 bits per heavy atom. The largest absolute Gasteiger partial charge is 0.344 e. The lowest BCUT2D eigenvalue weighted by Crippen LogP contribution is -2.40. The third-order valence-corrected chi connectivity index (χ3v) is 5.84. The van der Waals surface area contributed by atoms with Gasteiger partial charge in [0.25, 0.3) is 5.56 Å². The standard InChI is InChI=1S/C25H26N8O2/c1-5-6-11-32-21-22(29-24(32)30(3)14-16(2)27)31(4)25(35)33(23(21)34)15-20-19-10-8-7-9-18(19)17(12-26)13-28-20/h7-10,13,16H,11,14-15,27H2,1-4H3. The van der Waals surface area contributed by atoms with E-state index in [1.54, 1.807) is 18.5 Å². The van der Waals surface area contributed by atoms with Crippen molar-refractivity contribution >= 4 is 27.9 Å². The van der Waals surface area contributed by atoms with Gasteiger partial charge in [-0.2, -0.15) is 10.2 Å². The van der Waals surface area contributed by atoms with E-state index in [4.69, 9.17) is 5.73 Å². The van der Waals surface area contributed by atoms with Crippen LogP contribution in [0.25, 0.3) is 21.9 Å². The number of nitriles is 1. The van der Waals surface area contributed by atoms with Gasteiger partial charge in [-0.3, -0.25) is 23.5 Å². The van der Waals surface area contributed by atoms with Crippen LogP contribution in [-0.2, 0) is 20.1 Å². The van der Waals surface area contributed by atoms with Gasteiger partial charge in [0.05, 0.1) is 24.3 Å². The molecule has 0 bridgehead atoms. The summed E-state index contributed by atoms with van der Waals surface area (Å²) in [5, 5.41) is 10.9. The Morgan fingerprint density at radius 1 is 1.20 bits per heavy atom. The van der Waals surface area contributed by atoms with Crippen molar-refractivity contribution in [1.29, 1.82) is 5.26 Å². The number of imidazole rings is 1. The smallest absolute Gasteiger partial charge is 0.332 e. The van der Waals surface area contributed by atoms with Gasteiger partial charge in [-0.1, -0.05) is 30.2 Å². The first-order valence-electron chi connectivity index (χ1n) is 11.1. The molecule has 0 saturated heterocycles. The quantitative estimate of drug-likeness (QED) is 0.419. The van der Waals surface area contributed by atoms with Crippen molar-refractivity contribution in [1.82, 2.24) is 23.7 Å². The van der Waals surface area contributed by atoms with Crippen molar-refractivity contribution < 1.29 is 0 Å². The summed E-state index contributed by atoms with van der Waals surface area (Å²) in [5.74, 6) is 6.35. The number of likely N-dealkylation sites (N-methyl/N-ethyl adjacent to an activating group) is 1. The molecule has 0 aliphatic rings. The van der Waals surface area contributed by atoms with Gasteiger partial charge in [-0.15, -0.1) is 5.92 Å². The molecule has 178 valence electrons. The summed E-state index contributed by atoms with van der Waals surface area (Å²) in [5.41, 5.74) is 6.49. The highest BCUT2D eigenvalue weighted by atomic mass is 16.2. The number of hydrogen-bond acceptors (Lipinski definition) is 7. The fourth-order valence-electron chi connectivity index (χ4n) is 4.23. The van der Waals surface area contributed by atoms with Crippen LogP contribution in [-0.4, -0.2) is 43.3 Å². The zero-order chi connectivity index (χ0) is 25.3. The van der Waals surface area contributed by atoms with Crippen molar-refractivity contribution in [2.75, 3.05) is 18.5 Å². The number of pyridine rings is 1. The van der Waals surface area contributed by atoms with E-state index in [0.717, 1.165) is 4.57 Å². The molecular formula is C25H26N8O2. The monoisotopic (exact) mass is 470 g/mol. The molecule has 0 amide bonds. The molecule has 4 aromatic rings. The van der Waals surface area contributed by atoms with Gasteiger partial charge in [0.1, 0.15) is 6.07 Å². The van der Waals surface area contributed by atoms with E-state index >= 15 is 0 Å². The lowest BCUT2D eigenvalue weighted by Gasteiger charge is -2.20. The summed E-state index contributed by atoms with van der Waals surface area (Å²) < 4.78 is 4.23. The van der Waals surface area contributed by atoms with Crippen LogP contribution in [0.5, 0.6) is 0 Å². The summed E-state index contributed by atoms with van der Waals surface area (Å²) in [6.45, 7) is 4.29. The molecule has 0 aliphatic carbocycles. The molecule has 0 radical (unpaired) electrons. The number of aromatic nitrogens is 5. The summed E-state index contributed by atoms with van der Waals surface area (Å²) in [7, 11) is 3.42. The Bertz CT molecular complexity index is 1660. The van der Waals surface area contributed by atoms with Crippen molar-refractivity contribution in [3.05, 3.63) is 62.6 Å². The number of rotatable bonds is 6. The lowest BCUT2D eigenvalue weighted by molar-refractivity contribution is 0.647. The van der Waals surface area contributed by atoms with Crippen LogP contribution < -0.4 is 21.9 Å². The predicted molar refractivity (Wildman–Crippen MR) is 135 cm³/mol. The van der Waals surface area contributed by atoms with Crippen molar-refractivity contribution in [3.63, 3.8) is 0 Å². The minimum atomic E-state index is -0.509. The predicted octanol–water partition coefficient (Wildman–Crippen LogP) is 1.17. The summed E-state index contributed by atoms with van der Waals surface area (Å²) >= 11 is 0. The van der Waals surface area contributed by atoms with Crippen LogP contribution in [0.3, 0.4) is 0 Å². The minimum Gasteiger partial charge on any atom is -0.344 e. The van der Waals surface area contributed by atoms with Crippen molar-refractivity contribution in [2.24, 2.45) is 12.8 Å². The second-order valence-electron chi connectivity index (χ2n) is 8.46. The van der Waals surface area contributed by atoms with Crippen molar-refractivity contribution in [3.8, 4) is 17.9 Å². The molecule has 1 atom stereocenters. The number of benzene rings is 1. The van der Waals surface area contributed by atoms with Crippen molar-refractivity contribution in [2.45, 2.75) is 33.0 Å². The fourth-order valence-corrected chi connectivity index (χ4v) is 4.23. The van der Waals surface area contributed by atoms with Gasteiger partial charge in [-0.05, 0) is 13.8 Å². The van der Waals surface area contributed by atoms with Gasteiger partial charge >= 0.3 is 5.69 Å². The number of fused-ring (bicyclic) bond motifs is 2. The molecule has 10 heteroatoms. The number of aryl methyl sites for hydroxylation is 1. The number of anilines is 1. The summed E-state index contributed by atoms with van der Waals surface area (Å²) in [6.07, 6.45) is 1.47. The Balaban J connectivity index is 1.97. The average Bonchev–Trinajstić information content (AvgIpc) is 3.23. The molecule has 0 spiro atoms. The summed E-state index contributed by atoms with van der Waals surface area (Å²) in [6, 6.07) is 9.32. The van der Waals surface area contributed by atoms with E-state index in [-0.39, 0.29) is 30.3 Å². The van der Waals surface area contributed by atoms with Crippen LogP contribution in [0.4, 0.5) is 5.95 Å². The topological polar surface area (TPSA) is 128 Å². The fraction of sp³-hybridized carbons (Fsp3) is 0.320. The third kappa shape index (κ3) is 4.16. The Labute approximate surface area is 201 Å². The lowest BCUT2D eigenvalue weighted by atomic mass is 10.1. The normalized spacial score (nSPS) is 11.8. The molecular weight excluding hydrogens is 444 g/mol. The Morgan fingerprint density at radius 2 is 1.91 bits per heavy atom. The summed E-state index contributed by atoms with van der Waals surface area (Å²) in [4.78, 5) is 37.9. The van der Waals surface area contributed by atoms with E-state index in [1.807, 2.05) is 43.1 Å². The average molecular weight is 471 g/mol. The van der Waals surface area contributed by atoms with Gasteiger partial charge < -0.3 is 10.6 Å². The molecule has 0 fully saturated rings. The molecule has 0 saturated carbocycles. The Kier molecular flexibility index (Phi) is 6.41. The van der Waals surface area contributed by atoms with E-state index in [0.29, 0.717) is 34.5 Å². The van der Waals surface area contributed by atoms with Crippen LogP contribution in [0.2, 0.25) is 0 Å². The highest BCUT2D eigenvalue weighted by Crippen LogP contribution is 2.22. The first-order valence-corrected chi connectivity index (χ1v) is 11.1. The highest BCUT2D eigenvalue weighted by molar-refractivity contribution is 5.89. The number of hydrogen-bond donors (Lipinski definition) is 1. The molecule has 1 aromatic carbocycles. The zero-order valence-electron chi connectivity index (χ0n) is 20.1. The second-order valence-corrected chi connectivity index (χ2v) is 8.46. The van der Waals surface area contributed by atoms with Gasteiger partial charge in [-0.25, -0.2) is 4.79 Å². The Hall–Kier alpha value is -4.41. The number of nitrogens with zero attached hydrogens (tertiary/aromatic N) is 7. The molecule has 2 N–H and O–H groups in total. The van der Waals surface area contributed by atoms with E-state index in [9.17, 15) is 14.9 Å². The molecule has 0 aliphatic heterocycles. The first-order chi connectivity index (χ1) is 16.8. The maximum atomic E-state index is 13.7. The zero-order valence-corrected chi connectivity index (χ0v) is 20.1. The van der Waals surface area contributed by atoms with Crippen LogP contribution in [0, 0.1) is 23.2 Å². The molecule has 1 unspecified atom stereocenters. The van der Waals surface area contributed by atoms with Gasteiger partial charge in [0, 0.05) is 43.7 Å². The van der Waals surface area contributed by atoms with E-state index in [1.165, 1.54) is 10.8 Å². The van der Waals surface area contributed by atoms with Gasteiger partial charge in [0.2, 0.25) is 5.95 Å². The van der Waals surface area contributed by atoms with E-state index < -0.39 is 11.2 Å².